The number of rotatable bonds is 5. The Balaban J connectivity index is 1.73. The highest BCUT2D eigenvalue weighted by Gasteiger charge is 2.18. The summed E-state index contributed by atoms with van der Waals surface area (Å²) in [5, 5.41) is 3.07. The van der Waals surface area contributed by atoms with Crippen molar-refractivity contribution in [1.29, 1.82) is 0 Å². The normalized spacial score (nSPS) is 11.6. The third-order valence-corrected chi connectivity index (χ3v) is 6.99. The number of nitrogens with one attached hydrogen (secondary N) is 1. The van der Waals surface area contributed by atoms with E-state index in [9.17, 15) is 9.59 Å². The topological polar surface area (TPSA) is 65.3 Å². The van der Waals surface area contributed by atoms with E-state index < -0.39 is 0 Å². The highest BCUT2D eigenvalue weighted by atomic mass is 32.2. The first-order chi connectivity index (χ1) is 16.1. The Morgan fingerprint density at radius 2 is 1.50 bits per heavy atom. The summed E-state index contributed by atoms with van der Waals surface area (Å²) in [7, 11) is 5.12. The van der Waals surface area contributed by atoms with Crippen molar-refractivity contribution in [2.75, 3.05) is 12.4 Å². The van der Waals surface area contributed by atoms with Crippen molar-refractivity contribution in [3.05, 3.63) is 82.3 Å². The Kier molecular flexibility index (Phi) is 6.32. The minimum atomic E-state index is -0.197. The van der Waals surface area contributed by atoms with Crippen LogP contribution in [0.2, 0.25) is 0 Å². The average molecular weight is 476 g/mol. The molecule has 0 fully saturated rings. The maximum atomic E-state index is 13.1. The first kappa shape index (κ1) is 23.7. The van der Waals surface area contributed by atoms with Gasteiger partial charge >= 0.3 is 5.69 Å². The van der Waals surface area contributed by atoms with Crippen molar-refractivity contribution in [1.82, 2.24) is 9.13 Å². The number of aromatic nitrogens is 2. The molecule has 1 aromatic heterocycles. The second-order valence-corrected chi connectivity index (χ2v) is 10.4. The zero-order chi connectivity index (χ0) is 24.6. The fourth-order valence-electron chi connectivity index (χ4n) is 3.79. The summed E-state index contributed by atoms with van der Waals surface area (Å²) < 4.78 is 8.46. The molecule has 0 spiro atoms. The summed E-state index contributed by atoms with van der Waals surface area (Å²) in [6, 6.07) is 19.2. The van der Waals surface area contributed by atoms with Crippen LogP contribution in [0.4, 0.5) is 5.69 Å². The SMILES string of the molecule is COc1ccc(Sc2cc3c(cc2NC(=O)c2ccc(C(C)(C)C)cc2)n(C)c(=O)n3C)cc1. The summed E-state index contributed by atoms with van der Waals surface area (Å²) >= 11 is 1.52. The lowest BCUT2D eigenvalue weighted by molar-refractivity contribution is 0.102. The van der Waals surface area contributed by atoms with Crippen LogP contribution in [-0.4, -0.2) is 22.2 Å². The van der Waals surface area contributed by atoms with Gasteiger partial charge in [0.15, 0.2) is 0 Å². The number of ether oxygens (including phenoxy) is 1. The van der Waals surface area contributed by atoms with Crippen molar-refractivity contribution in [3.8, 4) is 5.75 Å². The number of carbonyl (C=O) groups excluding carboxylic acids is 1. The minimum Gasteiger partial charge on any atom is -0.497 e. The maximum Gasteiger partial charge on any atom is 0.328 e. The molecule has 1 amide bonds. The minimum absolute atomic E-state index is 0.0142. The van der Waals surface area contributed by atoms with Gasteiger partial charge in [-0.15, -0.1) is 0 Å². The molecule has 0 saturated carbocycles. The van der Waals surface area contributed by atoms with E-state index in [1.165, 1.54) is 17.3 Å². The van der Waals surface area contributed by atoms with Gasteiger partial charge in [0.2, 0.25) is 0 Å². The Labute approximate surface area is 203 Å². The predicted octanol–water partition coefficient (Wildman–Crippen LogP) is 5.59. The van der Waals surface area contributed by atoms with Crippen LogP contribution in [0.15, 0.2) is 75.2 Å². The zero-order valence-corrected chi connectivity index (χ0v) is 21.1. The van der Waals surface area contributed by atoms with Gasteiger partial charge < -0.3 is 10.1 Å². The highest BCUT2D eigenvalue weighted by molar-refractivity contribution is 7.99. The number of benzene rings is 3. The van der Waals surface area contributed by atoms with Crippen LogP contribution in [0.25, 0.3) is 11.0 Å². The molecule has 0 aliphatic rings. The van der Waals surface area contributed by atoms with E-state index in [0.29, 0.717) is 11.3 Å². The second kappa shape index (κ2) is 9.06. The zero-order valence-electron chi connectivity index (χ0n) is 20.3. The second-order valence-electron chi connectivity index (χ2n) is 9.30. The van der Waals surface area contributed by atoms with Crippen LogP contribution in [0.1, 0.15) is 36.7 Å². The number of nitrogens with zero attached hydrogens (tertiary/aromatic N) is 2. The molecule has 0 aliphatic carbocycles. The fourth-order valence-corrected chi connectivity index (χ4v) is 4.71. The van der Waals surface area contributed by atoms with Crippen molar-refractivity contribution < 1.29 is 9.53 Å². The van der Waals surface area contributed by atoms with Gasteiger partial charge in [-0.25, -0.2) is 4.79 Å². The fraction of sp³-hybridized carbons (Fsp3) is 0.259. The van der Waals surface area contributed by atoms with Crippen molar-refractivity contribution in [3.63, 3.8) is 0 Å². The van der Waals surface area contributed by atoms with E-state index in [1.54, 1.807) is 30.3 Å². The molecule has 0 unspecified atom stereocenters. The van der Waals surface area contributed by atoms with Crippen molar-refractivity contribution >= 4 is 34.4 Å². The molecule has 0 aliphatic heterocycles. The Morgan fingerprint density at radius 3 is 2.06 bits per heavy atom. The standard InChI is InChI=1S/C27H29N3O3S/c1-27(2,3)18-9-7-17(8-10-18)25(31)28-21-15-22-23(30(5)26(32)29(22)4)16-24(21)34-20-13-11-19(33-6)12-14-20/h7-16H,1-6H3,(H,28,31). The van der Waals surface area contributed by atoms with Crippen LogP contribution < -0.4 is 15.7 Å². The van der Waals surface area contributed by atoms with Crippen LogP contribution in [0, 0.1) is 0 Å². The summed E-state index contributed by atoms with van der Waals surface area (Å²) in [5.41, 5.74) is 3.85. The summed E-state index contributed by atoms with van der Waals surface area (Å²) in [4.78, 5) is 27.5. The Bertz CT molecular complexity index is 1410. The largest absolute Gasteiger partial charge is 0.497 e. The molecule has 6 nitrogen and oxygen atoms in total. The number of hydrogen-bond acceptors (Lipinski definition) is 4. The first-order valence-corrected chi connectivity index (χ1v) is 11.8. The van der Waals surface area contributed by atoms with E-state index in [-0.39, 0.29) is 17.0 Å². The van der Waals surface area contributed by atoms with Gasteiger partial charge in [0, 0.05) is 29.4 Å². The van der Waals surface area contributed by atoms with Gasteiger partial charge in [-0.3, -0.25) is 13.9 Å². The molecule has 34 heavy (non-hydrogen) atoms. The lowest BCUT2D eigenvalue weighted by atomic mass is 9.87. The number of imidazole rings is 1. The van der Waals surface area contributed by atoms with Crippen LogP contribution >= 0.6 is 11.8 Å². The average Bonchev–Trinajstić information content (AvgIpc) is 3.02. The van der Waals surface area contributed by atoms with Gasteiger partial charge in [0.25, 0.3) is 5.91 Å². The van der Waals surface area contributed by atoms with Crippen molar-refractivity contribution in [2.45, 2.75) is 36.0 Å². The number of amides is 1. The molecule has 1 N–H and O–H groups in total. The Hall–Kier alpha value is -3.45. The summed E-state index contributed by atoms with van der Waals surface area (Å²) in [6.45, 7) is 6.43. The van der Waals surface area contributed by atoms with Crippen LogP contribution in [0.3, 0.4) is 0 Å². The molecule has 176 valence electrons. The van der Waals surface area contributed by atoms with E-state index in [2.05, 4.69) is 26.1 Å². The van der Waals surface area contributed by atoms with Crippen LogP contribution in [-0.2, 0) is 19.5 Å². The number of fused-ring (bicyclic) bond motifs is 1. The smallest absolute Gasteiger partial charge is 0.328 e. The summed E-state index contributed by atoms with van der Waals surface area (Å²) in [5.74, 6) is 0.579. The molecule has 7 heteroatoms. The molecular weight excluding hydrogens is 446 g/mol. The number of methoxy groups -OCH3 is 1. The number of anilines is 1. The first-order valence-electron chi connectivity index (χ1n) is 11.0. The number of aryl methyl sites for hydroxylation is 2. The van der Waals surface area contributed by atoms with Gasteiger partial charge in [0.1, 0.15) is 5.75 Å². The summed E-state index contributed by atoms with van der Waals surface area (Å²) in [6.07, 6.45) is 0. The van der Waals surface area contributed by atoms with Crippen molar-refractivity contribution in [2.24, 2.45) is 14.1 Å². The lowest BCUT2D eigenvalue weighted by Crippen LogP contribution is -2.19. The predicted molar refractivity (Wildman–Crippen MR) is 138 cm³/mol. The molecular formula is C27H29N3O3S. The molecule has 3 aromatic carbocycles. The number of hydrogen-bond donors (Lipinski definition) is 1. The Morgan fingerprint density at radius 1 is 0.912 bits per heavy atom. The van der Waals surface area contributed by atoms with E-state index in [1.807, 2.05) is 60.7 Å². The van der Waals surface area contributed by atoms with Gasteiger partial charge in [0.05, 0.1) is 23.8 Å². The van der Waals surface area contributed by atoms with Crippen LogP contribution in [0.5, 0.6) is 5.75 Å². The molecule has 4 rings (SSSR count). The molecule has 0 saturated heterocycles. The van der Waals surface area contributed by atoms with Gasteiger partial charge in [-0.1, -0.05) is 44.7 Å². The molecule has 0 radical (unpaired) electrons. The maximum absolute atomic E-state index is 13.1. The van der Waals surface area contributed by atoms with E-state index >= 15 is 0 Å². The molecule has 0 bridgehead atoms. The van der Waals surface area contributed by atoms with Gasteiger partial charge in [-0.05, 0) is 59.5 Å². The highest BCUT2D eigenvalue weighted by Crippen LogP contribution is 2.37. The van der Waals surface area contributed by atoms with Gasteiger partial charge in [-0.2, -0.15) is 0 Å². The molecule has 4 aromatic rings. The third kappa shape index (κ3) is 4.61. The van der Waals surface area contributed by atoms with E-state index in [4.69, 9.17) is 4.74 Å². The number of carbonyl (C=O) groups is 1. The molecule has 0 atom stereocenters. The lowest BCUT2D eigenvalue weighted by Gasteiger charge is -2.19. The van der Waals surface area contributed by atoms with E-state index in [0.717, 1.165) is 26.6 Å². The monoisotopic (exact) mass is 475 g/mol. The molecule has 1 heterocycles. The quantitative estimate of drug-likeness (QED) is 0.409. The third-order valence-electron chi connectivity index (χ3n) is 5.92.